The number of allylic oxidation sites excluding steroid dienone is 1. The van der Waals surface area contributed by atoms with Crippen LogP contribution in [0.1, 0.15) is 18.1 Å². The Balaban J connectivity index is 2.56. The second-order valence-corrected chi connectivity index (χ2v) is 4.58. The van der Waals surface area contributed by atoms with Crippen molar-refractivity contribution in [2.24, 2.45) is 0 Å². The van der Waals surface area contributed by atoms with Crippen molar-refractivity contribution in [3.8, 4) is 0 Å². The van der Waals surface area contributed by atoms with Crippen molar-refractivity contribution in [3.63, 3.8) is 0 Å². The third kappa shape index (κ3) is 3.69. The van der Waals surface area contributed by atoms with E-state index in [2.05, 4.69) is 5.73 Å². The van der Waals surface area contributed by atoms with Crippen molar-refractivity contribution in [1.29, 1.82) is 0 Å². The summed E-state index contributed by atoms with van der Waals surface area (Å²) in [6.07, 6.45) is 1.46. The predicted molar refractivity (Wildman–Crippen MR) is 79.2 cm³/mol. The van der Waals surface area contributed by atoms with Crippen molar-refractivity contribution < 1.29 is 4.79 Å². The lowest BCUT2D eigenvalue weighted by molar-refractivity contribution is -0.112. The zero-order chi connectivity index (χ0) is 13.7. The van der Waals surface area contributed by atoms with Gasteiger partial charge in [-0.2, -0.15) is 0 Å². The third-order valence-corrected chi connectivity index (χ3v) is 2.87. The fourth-order valence-corrected chi connectivity index (χ4v) is 1.85. The van der Waals surface area contributed by atoms with Gasteiger partial charge in [0.15, 0.2) is 5.78 Å². The molecule has 2 heteroatoms. The summed E-state index contributed by atoms with van der Waals surface area (Å²) in [5, 5.41) is 0.687. The van der Waals surface area contributed by atoms with E-state index in [-0.39, 0.29) is 5.78 Å². The van der Waals surface area contributed by atoms with E-state index in [9.17, 15) is 4.79 Å². The quantitative estimate of drug-likeness (QED) is 0.591. The van der Waals surface area contributed by atoms with Gasteiger partial charge in [0.2, 0.25) is 0 Å². The normalized spacial score (nSPS) is 9.58. The standard InChI is InChI=1S/C17H13ClO/c1-13(19)7-12-17(14-5-3-2-4-6-14)15-8-10-16(18)11-9-15/h2-11H,1H3. The van der Waals surface area contributed by atoms with Gasteiger partial charge >= 0.3 is 0 Å². The number of halogens is 1. The van der Waals surface area contributed by atoms with Crippen molar-refractivity contribution in [3.05, 3.63) is 82.6 Å². The first-order chi connectivity index (χ1) is 9.16. The molecule has 0 saturated heterocycles. The van der Waals surface area contributed by atoms with Crippen LogP contribution in [0.3, 0.4) is 0 Å². The van der Waals surface area contributed by atoms with Gasteiger partial charge in [0.25, 0.3) is 0 Å². The monoisotopic (exact) mass is 268 g/mol. The van der Waals surface area contributed by atoms with Crippen molar-refractivity contribution in [2.75, 3.05) is 0 Å². The molecule has 2 aromatic rings. The van der Waals surface area contributed by atoms with Gasteiger partial charge in [0.05, 0.1) is 0 Å². The van der Waals surface area contributed by atoms with E-state index in [1.54, 1.807) is 0 Å². The minimum Gasteiger partial charge on any atom is -0.294 e. The summed E-state index contributed by atoms with van der Waals surface area (Å²) in [7, 11) is 0. The van der Waals surface area contributed by atoms with Crippen LogP contribution in [0.25, 0.3) is 5.57 Å². The Labute approximate surface area is 117 Å². The predicted octanol–water partition coefficient (Wildman–Crippen LogP) is 4.52. The van der Waals surface area contributed by atoms with E-state index in [0.717, 1.165) is 16.7 Å². The SMILES string of the molecule is CC(=O)C=C=C(c1ccccc1)c1ccc(Cl)cc1. The van der Waals surface area contributed by atoms with E-state index < -0.39 is 0 Å². The number of hydrogen-bond acceptors (Lipinski definition) is 1. The number of rotatable bonds is 3. The van der Waals surface area contributed by atoms with Crippen LogP contribution in [0, 0.1) is 0 Å². The largest absolute Gasteiger partial charge is 0.294 e. The molecule has 0 spiro atoms. The van der Waals surface area contributed by atoms with Gasteiger partial charge in [0.1, 0.15) is 0 Å². The smallest absolute Gasteiger partial charge is 0.160 e. The van der Waals surface area contributed by atoms with Crippen molar-refractivity contribution >= 4 is 23.0 Å². The first kappa shape index (κ1) is 13.4. The van der Waals surface area contributed by atoms with Crippen LogP contribution in [-0.4, -0.2) is 5.78 Å². The van der Waals surface area contributed by atoms with Gasteiger partial charge in [0, 0.05) is 16.7 Å². The number of hydrogen-bond donors (Lipinski definition) is 0. The molecular formula is C17H13ClO. The number of ketones is 1. The van der Waals surface area contributed by atoms with Crippen LogP contribution in [0.15, 0.2) is 66.4 Å². The molecule has 0 aromatic heterocycles. The Morgan fingerprint density at radius 2 is 1.58 bits per heavy atom. The Morgan fingerprint density at radius 1 is 1.00 bits per heavy atom. The van der Waals surface area contributed by atoms with Crippen LogP contribution in [0.2, 0.25) is 5.02 Å². The topological polar surface area (TPSA) is 17.1 Å². The van der Waals surface area contributed by atoms with Gasteiger partial charge in [-0.05, 0) is 30.2 Å². The third-order valence-electron chi connectivity index (χ3n) is 2.62. The van der Waals surface area contributed by atoms with Crippen LogP contribution in [0.4, 0.5) is 0 Å². The Bertz CT molecular complexity index is 633. The van der Waals surface area contributed by atoms with Gasteiger partial charge < -0.3 is 0 Å². The summed E-state index contributed by atoms with van der Waals surface area (Å²) in [6.45, 7) is 1.51. The highest BCUT2D eigenvalue weighted by Gasteiger charge is 2.03. The lowest BCUT2D eigenvalue weighted by Gasteiger charge is -2.05. The van der Waals surface area contributed by atoms with E-state index in [1.807, 2.05) is 54.6 Å². The summed E-state index contributed by atoms with van der Waals surface area (Å²) in [4.78, 5) is 11.1. The highest BCUT2D eigenvalue weighted by Crippen LogP contribution is 2.23. The molecule has 94 valence electrons. The van der Waals surface area contributed by atoms with E-state index in [0.29, 0.717) is 5.02 Å². The number of carbonyl (C=O) groups excluding carboxylic acids is 1. The molecule has 19 heavy (non-hydrogen) atoms. The fraction of sp³-hybridized carbons (Fsp3) is 0.0588. The van der Waals surface area contributed by atoms with Crippen LogP contribution >= 0.6 is 11.6 Å². The lowest BCUT2D eigenvalue weighted by Crippen LogP contribution is -1.87. The summed E-state index contributed by atoms with van der Waals surface area (Å²) in [6, 6.07) is 17.4. The molecule has 0 aliphatic carbocycles. The molecule has 1 nitrogen and oxygen atoms in total. The summed E-state index contributed by atoms with van der Waals surface area (Å²) in [5.74, 6) is -0.0256. The molecule has 0 amide bonds. The zero-order valence-corrected chi connectivity index (χ0v) is 11.3. The first-order valence-electron chi connectivity index (χ1n) is 5.95. The average Bonchev–Trinajstić information content (AvgIpc) is 2.42. The molecule has 2 rings (SSSR count). The average molecular weight is 269 g/mol. The molecular weight excluding hydrogens is 256 g/mol. The molecule has 0 radical (unpaired) electrons. The molecule has 0 aliphatic rings. The summed E-state index contributed by atoms with van der Waals surface area (Å²) in [5.41, 5.74) is 5.95. The van der Waals surface area contributed by atoms with Gasteiger partial charge in [-0.3, -0.25) is 4.79 Å². The number of benzene rings is 2. The molecule has 2 aromatic carbocycles. The van der Waals surface area contributed by atoms with Crippen LogP contribution in [0.5, 0.6) is 0 Å². The van der Waals surface area contributed by atoms with E-state index >= 15 is 0 Å². The van der Waals surface area contributed by atoms with Crippen LogP contribution < -0.4 is 0 Å². The molecule has 0 unspecified atom stereocenters. The minimum atomic E-state index is -0.0256. The molecule has 0 atom stereocenters. The molecule has 0 saturated carbocycles. The summed E-state index contributed by atoms with van der Waals surface area (Å²) >= 11 is 5.90. The van der Waals surface area contributed by atoms with Crippen molar-refractivity contribution in [1.82, 2.24) is 0 Å². The highest BCUT2D eigenvalue weighted by atomic mass is 35.5. The van der Waals surface area contributed by atoms with Gasteiger partial charge in [-0.15, -0.1) is 5.73 Å². The number of carbonyl (C=O) groups is 1. The fourth-order valence-electron chi connectivity index (χ4n) is 1.73. The lowest BCUT2D eigenvalue weighted by atomic mass is 9.99. The summed E-state index contributed by atoms with van der Waals surface area (Å²) < 4.78 is 0. The van der Waals surface area contributed by atoms with Crippen LogP contribution in [-0.2, 0) is 4.79 Å². The zero-order valence-electron chi connectivity index (χ0n) is 10.6. The van der Waals surface area contributed by atoms with E-state index in [1.165, 1.54) is 13.0 Å². The van der Waals surface area contributed by atoms with Gasteiger partial charge in [-0.25, -0.2) is 0 Å². The van der Waals surface area contributed by atoms with Crippen molar-refractivity contribution in [2.45, 2.75) is 6.92 Å². The minimum absolute atomic E-state index is 0.0256. The first-order valence-corrected chi connectivity index (χ1v) is 6.33. The maximum Gasteiger partial charge on any atom is 0.160 e. The Hall–Kier alpha value is -2.08. The highest BCUT2D eigenvalue weighted by molar-refractivity contribution is 6.30. The van der Waals surface area contributed by atoms with Gasteiger partial charge in [-0.1, -0.05) is 54.1 Å². The Morgan fingerprint density at radius 3 is 2.16 bits per heavy atom. The molecule has 0 aliphatic heterocycles. The molecule has 0 heterocycles. The molecule has 0 N–H and O–H groups in total. The maximum atomic E-state index is 11.1. The molecule has 0 fully saturated rings. The maximum absolute atomic E-state index is 11.1. The second-order valence-electron chi connectivity index (χ2n) is 4.15. The second kappa shape index (κ2) is 6.19. The Kier molecular flexibility index (Phi) is 4.35. The van der Waals surface area contributed by atoms with E-state index in [4.69, 9.17) is 11.6 Å². The molecule has 0 bridgehead atoms.